The van der Waals surface area contributed by atoms with Gasteiger partial charge in [0.1, 0.15) is 0 Å². The molecule has 0 radical (unpaired) electrons. The number of hydrogen-bond donors (Lipinski definition) is 0. The Morgan fingerprint density at radius 1 is 1.33 bits per heavy atom. The molecule has 0 aliphatic carbocycles. The third-order valence-corrected chi connectivity index (χ3v) is 1.79. The third kappa shape index (κ3) is 1.28. The van der Waals surface area contributed by atoms with E-state index in [4.69, 9.17) is 0 Å². The summed E-state index contributed by atoms with van der Waals surface area (Å²) in [6, 6.07) is 5.98. The molecule has 0 atom stereocenters. The van der Waals surface area contributed by atoms with E-state index in [2.05, 4.69) is 9.98 Å². The molecule has 0 bridgehead atoms. The summed E-state index contributed by atoms with van der Waals surface area (Å²) >= 11 is 0. The van der Waals surface area contributed by atoms with E-state index >= 15 is 0 Å². The second-order valence-electron chi connectivity index (χ2n) is 2.79. The van der Waals surface area contributed by atoms with E-state index in [1.165, 1.54) is 0 Å². The van der Waals surface area contributed by atoms with E-state index in [0.717, 1.165) is 23.6 Å². The lowest BCUT2D eigenvalue weighted by Gasteiger charge is -1.97. The van der Waals surface area contributed by atoms with Crippen LogP contribution < -0.4 is 0 Å². The molecular formula is C10H10N2. The summed E-state index contributed by atoms with van der Waals surface area (Å²) in [6.45, 7) is 2.79. The van der Waals surface area contributed by atoms with E-state index in [1.807, 2.05) is 37.3 Å². The van der Waals surface area contributed by atoms with Crippen molar-refractivity contribution in [2.24, 2.45) is 4.99 Å². The minimum absolute atomic E-state index is 0.797. The third-order valence-electron chi connectivity index (χ3n) is 1.79. The van der Waals surface area contributed by atoms with Crippen LogP contribution in [0.25, 0.3) is 0 Å². The summed E-state index contributed by atoms with van der Waals surface area (Å²) < 4.78 is 0. The van der Waals surface area contributed by atoms with Gasteiger partial charge in [0.25, 0.3) is 0 Å². The van der Waals surface area contributed by atoms with Crippen molar-refractivity contribution in [3.8, 4) is 0 Å². The first-order chi connectivity index (χ1) is 5.86. The predicted molar refractivity (Wildman–Crippen MR) is 49.5 cm³/mol. The van der Waals surface area contributed by atoms with E-state index in [9.17, 15) is 0 Å². The van der Waals surface area contributed by atoms with Crippen LogP contribution in [0.4, 0.5) is 0 Å². The Morgan fingerprint density at radius 3 is 2.92 bits per heavy atom. The minimum atomic E-state index is 0.797. The van der Waals surface area contributed by atoms with Crippen LogP contribution in [0.3, 0.4) is 0 Å². The molecule has 1 aliphatic heterocycles. The normalized spacial score (nSPS) is 14.9. The van der Waals surface area contributed by atoms with Crippen molar-refractivity contribution in [3.63, 3.8) is 0 Å². The number of aliphatic imine (C=N–C) groups is 1. The lowest BCUT2D eigenvalue weighted by atomic mass is 10.2. The van der Waals surface area contributed by atoms with Crippen molar-refractivity contribution in [3.05, 3.63) is 41.7 Å². The number of aromatic nitrogens is 1. The fraction of sp³-hybridized carbons (Fsp3) is 0.200. The summed E-state index contributed by atoms with van der Waals surface area (Å²) in [6.07, 6.45) is 4.06. The van der Waals surface area contributed by atoms with Crippen LogP contribution in [0, 0.1) is 6.92 Å². The number of allylic oxidation sites excluding steroid dienone is 1. The van der Waals surface area contributed by atoms with Gasteiger partial charge in [0.2, 0.25) is 0 Å². The SMILES string of the molecule is Cc1cccc(C2=NCC=C2)n1. The highest BCUT2D eigenvalue weighted by Gasteiger charge is 2.03. The Labute approximate surface area is 71.7 Å². The maximum atomic E-state index is 4.37. The highest BCUT2D eigenvalue weighted by atomic mass is 14.8. The molecule has 2 rings (SSSR count). The molecule has 1 aromatic heterocycles. The van der Waals surface area contributed by atoms with Crippen LogP contribution in [-0.2, 0) is 0 Å². The molecule has 0 saturated carbocycles. The van der Waals surface area contributed by atoms with E-state index in [-0.39, 0.29) is 0 Å². The monoisotopic (exact) mass is 158 g/mol. The van der Waals surface area contributed by atoms with Gasteiger partial charge < -0.3 is 0 Å². The highest BCUT2D eigenvalue weighted by molar-refractivity contribution is 6.08. The van der Waals surface area contributed by atoms with Gasteiger partial charge in [-0.25, -0.2) is 0 Å². The van der Waals surface area contributed by atoms with Gasteiger partial charge in [-0.1, -0.05) is 12.1 Å². The molecule has 12 heavy (non-hydrogen) atoms. The Bertz CT molecular complexity index is 351. The zero-order chi connectivity index (χ0) is 8.39. The number of aryl methyl sites for hydroxylation is 1. The van der Waals surface area contributed by atoms with Crippen LogP contribution in [0.15, 0.2) is 35.3 Å². The maximum Gasteiger partial charge on any atom is 0.0884 e. The second-order valence-corrected chi connectivity index (χ2v) is 2.79. The number of hydrogen-bond acceptors (Lipinski definition) is 2. The standard InChI is InChI=1S/C10H10N2/c1-8-4-2-5-10(12-8)9-6-3-7-11-9/h2-6H,7H2,1H3. The number of nitrogens with zero attached hydrogens (tertiary/aromatic N) is 2. The van der Waals surface area contributed by atoms with Gasteiger partial charge in [-0.05, 0) is 25.1 Å². The van der Waals surface area contributed by atoms with Crippen LogP contribution in [0.5, 0.6) is 0 Å². The summed E-state index contributed by atoms with van der Waals surface area (Å²) in [7, 11) is 0. The first-order valence-corrected chi connectivity index (χ1v) is 4.01. The summed E-state index contributed by atoms with van der Waals surface area (Å²) in [4.78, 5) is 8.66. The predicted octanol–water partition coefficient (Wildman–Crippen LogP) is 1.75. The van der Waals surface area contributed by atoms with Gasteiger partial charge in [0, 0.05) is 5.69 Å². The minimum Gasteiger partial charge on any atom is -0.279 e. The van der Waals surface area contributed by atoms with Gasteiger partial charge in [-0.15, -0.1) is 0 Å². The fourth-order valence-electron chi connectivity index (χ4n) is 1.22. The molecule has 0 amide bonds. The molecule has 0 saturated heterocycles. The molecule has 1 aromatic rings. The van der Waals surface area contributed by atoms with Crippen molar-refractivity contribution in [1.82, 2.24) is 4.98 Å². The number of pyridine rings is 1. The van der Waals surface area contributed by atoms with Gasteiger partial charge in [0.05, 0.1) is 18.0 Å². The van der Waals surface area contributed by atoms with E-state index < -0.39 is 0 Å². The molecule has 2 nitrogen and oxygen atoms in total. The van der Waals surface area contributed by atoms with E-state index in [1.54, 1.807) is 0 Å². The quantitative estimate of drug-likeness (QED) is 0.611. The smallest absolute Gasteiger partial charge is 0.0884 e. The molecule has 0 unspecified atom stereocenters. The zero-order valence-electron chi connectivity index (χ0n) is 6.99. The largest absolute Gasteiger partial charge is 0.279 e. The first-order valence-electron chi connectivity index (χ1n) is 4.01. The molecule has 0 spiro atoms. The molecular weight excluding hydrogens is 148 g/mol. The first kappa shape index (κ1) is 7.22. The lowest BCUT2D eigenvalue weighted by molar-refractivity contribution is 1.17. The van der Waals surface area contributed by atoms with Crippen LogP contribution in [-0.4, -0.2) is 17.2 Å². The van der Waals surface area contributed by atoms with Crippen LogP contribution >= 0.6 is 0 Å². The topological polar surface area (TPSA) is 25.2 Å². The summed E-state index contributed by atoms with van der Waals surface area (Å²) in [5.74, 6) is 0. The zero-order valence-corrected chi connectivity index (χ0v) is 6.99. The molecule has 60 valence electrons. The Morgan fingerprint density at radius 2 is 2.25 bits per heavy atom. The maximum absolute atomic E-state index is 4.37. The van der Waals surface area contributed by atoms with Gasteiger partial charge in [-0.3, -0.25) is 9.98 Å². The Balaban J connectivity index is 2.40. The van der Waals surface area contributed by atoms with Gasteiger partial charge in [-0.2, -0.15) is 0 Å². The Hall–Kier alpha value is -1.44. The highest BCUT2D eigenvalue weighted by Crippen LogP contribution is 2.05. The molecule has 0 N–H and O–H groups in total. The van der Waals surface area contributed by atoms with E-state index in [0.29, 0.717) is 0 Å². The van der Waals surface area contributed by atoms with Crippen molar-refractivity contribution in [2.45, 2.75) is 6.92 Å². The van der Waals surface area contributed by atoms with Crippen molar-refractivity contribution in [2.75, 3.05) is 6.54 Å². The van der Waals surface area contributed by atoms with Gasteiger partial charge >= 0.3 is 0 Å². The average Bonchev–Trinajstić information content (AvgIpc) is 2.56. The van der Waals surface area contributed by atoms with Crippen molar-refractivity contribution in [1.29, 1.82) is 0 Å². The van der Waals surface area contributed by atoms with Crippen molar-refractivity contribution < 1.29 is 0 Å². The second kappa shape index (κ2) is 2.89. The van der Waals surface area contributed by atoms with Crippen LogP contribution in [0.1, 0.15) is 11.4 Å². The van der Waals surface area contributed by atoms with Crippen molar-refractivity contribution >= 4 is 5.71 Å². The molecule has 0 aromatic carbocycles. The average molecular weight is 158 g/mol. The van der Waals surface area contributed by atoms with Gasteiger partial charge in [0.15, 0.2) is 0 Å². The van der Waals surface area contributed by atoms with Crippen LogP contribution in [0.2, 0.25) is 0 Å². The summed E-state index contributed by atoms with van der Waals surface area (Å²) in [5.41, 5.74) is 3.01. The summed E-state index contributed by atoms with van der Waals surface area (Å²) in [5, 5.41) is 0. The lowest BCUT2D eigenvalue weighted by Crippen LogP contribution is -1.98. The number of rotatable bonds is 1. The molecule has 2 heterocycles. The fourth-order valence-corrected chi connectivity index (χ4v) is 1.22. The Kier molecular flexibility index (Phi) is 1.74. The molecule has 1 aliphatic rings. The molecule has 0 fully saturated rings. The molecule has 2 heteroatoms.